The van der Waals surface area contributed by atoms with Crippen molar-refractivity contribution in [3.63, 3.8) is 0 Å². The number of nitrogens with one attached hydrogen (secondary N) is 1. The van der Waals surface area contributed by atoms with Crippen molar-refractivity contribution >= 4 is 11.4 Å². The van der Waals surface area contributed by atoms with E-state index in [1.165, 1.54) is 5.57 Å². The maximum Gasteiger partial charge on any atom is 0.162 e. The first-order valence-corrected chi connectivity index (χ1v) is 10.3. The summed E-state index contributed by atoms with van der Waals surface area (Å²) in [4.78, 5) is 11.6. The van der Waals surface area contributed by atoms with Gasteiger partial charge in [-0.1, -0.05) is 18.2 Å². The number of likely N-dealkylation sites (N-methyl/N-ethyl adjacent to an activating group) is 1. The molecule has 1 aliphatic rings. The monoisotopic (exact) mass is 407 g/mol. The predicted octanol–water partition coefficient (Wildman–Crippen LogP) is 3.02. The highest BCUT2D eigenvalue weighted by Gasteiger charge is 2.15. The van der Waals surface area contributed by atoms with Crippen LogP contribution >= 0.6 is 0 Å². The van der Waals surface area contributed by atoms with Gasteiger partial charge in [0.1, 0.15) is 24.3 Å². The minimum Gasteiger partial charge on any atom is -0.491 e. The van der Waals surface area contributed by atoms with Crippen molar-refractivity contribution in [3.05, 3.63) is 42.1 Å². The summed E-state index contributed by atoms with van der Waals surface area (Å²) < 4.78 is 5.74. The third-order valence-electron chi connectivity index (χ3n) is 5.01. The average Bonchev–Trinajstić information content (AvgIpc) is 3.31. The standard InChI is InChI=1S/C23H29N5O2/c1-25-15-19(29)16-30-20-10-5-9-18(13-20)23-26-21(17-7-3-4-8-17)14-22(27-23)28(2)12-6-11-24/h5,7,9-10,13-14,19,25,29H,3-4,6,8,12,15-16H2,1-2H3. The van der Waals surface area contributed by atoms with Gasteiger partial charge >= 0.3 is 0 Å². The number of ether oxygens (including phenoxy) is 1. The number of aliphatic hydroxyl groups excluding tert-OH is 1. The molecule has 1 atom stereocenters. The second kappa shape index (κ2) is 10.7. The molecule has 1 aromatic heterocycles. The molecular formula is C23H29N5O2. The molecule has 30 heavy (non-hydrogen) atoms. The Morgan fingerprint density at radius 2 is 2.20 bits per heavy atom. The molecule has 1 aliphatic carbocycles. The van der Waals surface area contributed by atoms with Gasteiger partial charge in [-0.05, 0) is 44.0 Å². The zero-order valence-corrected chi connectivity index (χ0v) is 17.6. The third kappa shape index (κ3) is 5.78. The van der Waals surface area contributed by atoms with Gasteiger partial charge in [0.25, 0.3) is 0 Å². The van der Waals surface area contributed by atoms with Crippen LogP contribution in [0.4, 0.5) is 5.82 Å². The van der Waals surface area contributed by atoms with Crippen molar-refractivity contribution in [1.82, 2.24) is 15.3 Å². The number of anilines is 1. The highest BCUT2D eigenvalue weighted by Crippen LogP contribution is 2.30. The Bertz CT molecular complexity index is 922. The molecule has 0 spiro atoms. The molecule has 1 heterocycles. The van der Waals surface area contributed by atoms with E-state index in [1.807, 2.05) is 42.3 Å². The van der Waals surface area contributed by atoms with Crippen LogP contribution in [0.2, 0.25) is 0 Å². The van der Waals surface area contributed by atoms with E-state index >= 15 is 0 Å². The zero-order chi connectivity index (χ0) is 21.3. The van der Waals surface area contributed by atoms with Crippen LogP contribution in [0.1, 0.15) is 31.4 Å². The van der Waals surface area contributed by atoms with Gasteiger partial charge in [0.05, 0.1) is 18.2 Å². The Morgan fingerprint density at radius 1 is 1.33 bits per heavy atom. The third-order valence-corrected chi connectivity index (χ3v) is 5.01. The Balaban J connectivity index is 1.89. The summed E-state index contributed by atoms with van der Waals surface area (Å²) in [7, 11) is 3.73. The summed E-state index contributed by atoms with van der Waals surface area (Å²) in [5.74, 6) is 2.09. The van der Waals surface area contributed by atoms with Gasteiger partial charge in [0.2, 0.25) is 0 Å². The summed E-state index contributed by atoms with van der Waals surface area (Å²) in [6.45, 7) is 1.29. The van der Waals surface area contributed by atoms with Gasteiger partial charge in [0.15, 0.2) is 5.82 Å². The molecule has 0 fully saturated rings. The van der Waals surface area contributed by atoms with E-state index in [-0.39, 0.29) is 6.61 Å². The van der Waals surface area contributed by atoms with Crippen molar-refractivity contribution in [2.75, 3.05) is 38.7 Å². The van der Waals surface area contributed by atoms with E-state index < -0.39 is 6.10 Å². The van der Waals surface area contributed by atoms with E-state index in [1.54, 1.807) is 7.05 Å². The fourth-order valence-corrected chi connectivity index (χ4v) is 3.37. The Hall–Kier alpha value is -2.95. The van der Waals surface area contributed by atoms with E-state index in [4.69, 9.17) is 20.0 Å². The number of rotatable bonds is 10. The van der Waals surface area contributed by atoms with E-state index in [0.29, 0.717) is 31.1 Å². The lowest BCUT2D eigenvalue weighted by atomic mass is 10.1. The van der Waals surface area contributed by atoms with Crippen LogP contribution in [-0.2, 0) is 0 Å². The zero-order valence-electron chi connectivity index (χ0n) is 17.6. The van der Waals surface area contributed by atoms with Crippen molar-refractivity contribution in [2.24, 2.45) is 0 Å². The number of nitrogens with zero attached hydrogens (tertiary/aromatic N) is 4. The molecule has 7 nitrogen and oxygen atoms in total. The molecule has 0 radical (unpaired) electrons. The highest BCUT2D eigenvalue weighted by atomic mass is 16.5. The summed E-state index contributed by atoms with van der Waals surface area (Å²) in [5, 5.41) is 21.7. The fraction of sp³-hybridized carbons (Fsp3) is 0.435. The molecule has 0 aliphatic heterocycles. The molecule has 7 heteroatoms. The van der Waals surface area contributed by atoms with Crippen LogP contribution in [0.25, 0.3) is 17.0 Å². The van der Waals surface area contributed by atoms with Crippen LogP contribution in [0.5, 0.6) is 5.75 Å². The van der Waals surface area contributed by atoms with Crippen LogP contribution in [0.3, 0.4) is 0 Å². The number of aliphatic hydroxyl groups is 1. The van der Waals surface area contributed by atoms with Gasteiger partial charge < -0.3 is 20.1 Å². The van der Waals surface area contributed by atoms with E-state index in [9.17, 15) is 5.11 Å². The maximum absolute atomic E-state index is 9.88. The Morgan fingerprint density at radius 3 is 2.93 bits per heavy atom. The number of hydrogen-bond donors (Lipinski definition) is 2. The summed E-state index contributed by atoms with van der Waals surface area (Å²) in [6, 6.07) is 11.8. The smallest absolute Gasteiger partial charge is 0.162 e. The van der Waals surface area contributed by atoms with E-state index in [2.05, 4.69) is 17.5 Å². The Labute approximate surface area is 178 Å². The topological polar surface area (TPSA) is 94.3 Å². The molecule has 1 aromatic carbocycles. The lowest BCUT2D eigenvalue weighted by Gasteiger charge is -2.19. The number of aromatic nitrogens is 2. The Kier molecular flexibility index (Phi) is 7.77. The highest BCUT2D eigenvalue weighted by molar-refractivity contribution is 5.70. The molecule has 1 unspecified atom stereocenters. The second-order valence-electron chi connectivity index (χ2n) is 7.44. The second-order valence-corrected chi connectivity index (χ2v) is 7.44. The van der Waals surface area contributed by atoms with Crippen molar-refractivity contribution in [3.8, 4) is 23.2 Å². The predicted molar refractivity (Wildman–Crippen MR) is 118 cm³/mol. The lowest BCUT2D eigenvalue weighted by Crippen LogP contribution is -2.29. The van der Waals surface area contributed by atoms with Gasteiger partial charge in [-0.25, -0.2) is 9.97 Å². The quantitative estimate of drug-likeness (QED) is 0.625. The van der Waals surface area contributed by atoms with Gasteiger partial charge in [-0.2, -0.15) is 5.26 Å². The van der Waals surface area contributed by atoms with Crippen molar-refractivity contribution in [2.45, 2.75) is 31.8 Å². The molecule has 0 amide bonds. The molecule has 0 bridgehead atoms. The molecule has 2 N–H and O–H groups in total. The summed E-state index contributed by atoms with van der Waals surface area (Å²) in [6.07, 6.45) is 5.34. The number of benzene rings is 1. The number of hydrogen-bond acceptors (Lipinski definition) is 7. The average molecular weight is 408 g/mol. The lowest BCUT2D eigenvalue weighted by molar-refractivity contribution is 0.108. The molecular weight excluding hydrogens is 378 g/mol. The van der Waals surface area contributed by atoms with Crippen LogP contribution in [-0.4, -0.2) is 55.0 Å². The van der Waals surface area contributed by atoms with Crippen molar-refractivity contribution in [1.29, 1.82) is 5.26 Å². The summed E-state index contributed by atoms with van der Waals surface area (Å²) in [5.41, 5.74) is 3.04. The molecule has 0 saturated carbocycles. The van der Waals surface area contributed by atoms with Crippen molar-refractivity contribution < 1.29 is 9.84 Å². The van der Waals surface area contributed by atoms with Gasteiger partial charge in [0, 0.05) is 31.8 Å². The molecule has 3 rings (SSSR count). The van der Waals surface area contributed by atoms with Crippen LogP contribution in [0, 0.1) is 11.3 Å². The van der Waals surface area contributed by atoms with Gasteiger partial charge in [-0.15, -0.1) is 0 Å². The van der Waals surface area contributed by atoms with Crippen LogP contribution < -0.4 is 15.0 Å². The minimum atomic E-state index is -0.576. The minimum absolute atomic E-state index is 0.209. The first kappa shape index (κ1) is 21.8. The SMILES string of the molecule is CNCC(O)COc1cccc(-c2nc(C3=CCCC3)cc(N(C)CCC#N)n2)c1. The number of allylic oxidation sites excluding steroid dienone is 2. The van der Waals surface area contributed by atoms with Gasteiger partial charge in [-0.3, -0.25) is 0 Å². The fourth-order valence-electron chi connectivity index (χ4n) is 3.37. The summed E-state index contributed by atoms with van der Waals surface area (Å²) >= 11 is 0. The molecule has 2 aromatic rings. The van der Waals surface area contributed by atoms with E-state index in [0.717, 1.165) is 36.3 Å². The molecule has 0 saturated heterocycles. The normalized spacial score (nSPS) is 14.1. The molecule has 158 valence electrons. The number of nitriles is 1. The van der Waals surface area contributed by atoms with Crippen LogP contribution in [0.15, 0.2) is 36.4 Å². The largest absolute Gasteiger partial charge is 0.491 e. The maximum atomic E-state index is 9.88. The first-order valence-electron chi connectivity index (χ1n) is 10.3. The first-order chi connectivity index (χ1) is 14.6.